The Morgan fingerprint density at radius 2 is 2.00 bits per heavy atom. The fourth-order valence-electron chi connectivity index (χ4n) is 2.29. The fraction of sp³-hybridized carbons (Fsp3) is 0.294. The molecular formula is C17H18BrNO4. The number of nitrogens with zero attached hydrogens (tertiary/aromatic N) is 1. The lowest BCUT2D eigenvalue weighted by Crippen LogP contribution is -2.26. The average molecular weight is 380 g/mol. The monoisotopic (exact) mass is 379 g/mol. The number of halogens is 1. The summed E-state index contributed by atoms with van der Waals surface area (Å²) >= 11 is 3.47. The minimum absolute atomic E-state index is 0.0216. The van der Waals surface area contributed by atoms with Gasteiger partial charge in [-0.3, -0.25) is 4.79 Å². The van der Waals surface area contributed by atoms with Crippen LogP contribution in [0.25, 0.3) is 0 Å². The SMILES string of the molecule is Cc1oc(CN(C)C(=O)CCc2ccccc2Br)cc1C(=O)O. The van der Waals surface area contributed by atoms with Crippen molar-refractivity contribution in [2.45, 2.75) is 26.3 Å². The molecule has 0 fully saturated rings. The van der Waals surface area contributed by atoms with Crippen LogP contribution in [0, 0.1) is 6.92 Å². The molecule has 5 nitrogen and oxygen atoms in total. The van der Waals surface area contributed by atoms with Gasteiger partial charge in [0.25, 0.3) is 0 Å². The summed E-state index contributed by atoms with van der Waals surface area (Å²) in [5.74, 6) is -0.231. The number of carboxylic acids is 1. The van der Waals surface area contributed by atoms with Crippen molar-refractivity contribution in [2.75, 3.05) is 7.05 Å². The Morgan fingerprint density at radius 3 is 2.61 bits per heavy atom. The first-order valence-corrected chi connectivity index (χ1v) is 7.97. The standard InChI is InChI=1S/C17H18BrNO4/c1-11-14(17(21)22)9-13(23-11)10-19(2)16(20)8-7-12-5-3-4-6-15(12)18/h3-6,9H,7-8,10H2,1-2H3,(H,21,22). The molecule has 0 saturated heterocycles. The molecule has 0 atom stereocenters. The average Bonchev–Trinajstić information content (AvgIpc) is 2.86. The zero-order chi connectivity index (χ0) is 17.0. The molecule has 0 spiro atoms. The number of hydrogen-bond acceptors (Lipinski definition) is 3. The summed E-state index contributed by atoms with van der Waals surface area (Å²) in [5.41, 5.74) is 1.21. The van der Waals surface area contributed by atoms with Crippen LogP contribution in [-0.4, -0.2) is 28.9 Å². The second-order valence-corrected chi connectivity index (χ2v) is 6.18. The molecule has 23 heavy (non-hydrogen) atoms. The van der Waals surface area contributed by atoms with Crippen LogP contribution >= 0.6 is 15.9 Å². The lowest BCUT2D eigenvalue weighted by Gasteiger charge is -2.16. The molecule has 0 aliphatic carbocycles. The Labute approximate surface area is 143 Å². The number of carboxylic acid groups (broad SMARTS) is 1. The van der Waals surface area contributed by atoms with E-state index in [2.05, 4.69) is 15.9 Å². The zero-order valence-corrected chi connectivity index (χ0v) is 14.6. The Bertz CT molecular complexity index is 723. The van der Waals surface area contributed by atoms with Crippen LogP contribution in [0.15, 0.2) is 39.2 Å². The molecule has 2 aromatic rings. The van der Waals surface area contributed by atoms with Gasteiger partial charge >= 0.3 is 5.97 Å². The van der Waals surface area contributed by atoms with E-state index in [4.69, 9.17) is 9.52 Å². The van der Waals surface area contributed by atoms with E-state index in [0.29, 0.717) is 24.4 Å². The van der Waals surface area contributed by atoms with Crippen LogP contribution in [0.2, 0.25) is 0 Å². The van der Waals surface area contributed by atoms with Gasteiger partial charge in [0, 0.05) is 17.9 Å². The molecule has 122 valence electrons. The van der Waals surface area contributed by atoms with Crippen molar-refractivity contribution in [3.63, 3.8) is 0 Å². The number of aromatic carboxylic acids is 1. The number of furan rings is 1. The zero-order valence-electron chi connectivity index (χ0n) is 13.0. The van der Waals surface area contributed by atoms with Crippen molar-refractivity contribution in [2.24, 2.45) is 0 Å². The predicted molar refractivity (Wildman–Crippen MR) is 89.3 cm³/mol. The second-order valence-electron chi connectivity index (χ2n) is 5.33. The molecule has 0 aliphatic heterocycles. The summed E-state index contributed by atoms with van der Waals surface area (Å²) in [6.45, 7) is 1.85. The summed E-state index contributed by atoms with van der Waals surface area (Å²) in [5, 5.41) is 9.01. The summed E-state index contributed by atoms with van der Waals surface area (Å²) in [4.78, 5) is 24.8. The second kappa shape index (κ2) is 7.46. The molecule has 1 heterocycles. The van der Waals surface area contributed by atoms with E-state index >= 15 is 0 Å². The Hall–Kier alpha value is -2.08. The van der Waals surface area contributed by atoms with Gasteiger partial charge in [-0.2, -0.15) is 0 Å². The van der Waals surface area contributed by atoms with E-state index < -0.39 is 5.97 Å². The van der Waals surface area contributed by atoms with Crippen molar-refractivity contribution >= 4 is 27.8 Å². The molecule has 0 saturated carbocycles. The largest absolute Gasteiger partial charge is 0.478 e. The van der Waals surface area contributed by atoms with E-state index in [-0.39, 0.29) is 18.0 Å². The van der Waals surface area contributed by atoms with Gasteiger partial charge in [-0.1, -0.05) is 34.1 Å². The highest BCUT2D eigenvalue weighted by atomic mass is 79.9. The molecule has 1 N–H and O–H groups in total. The quantitative estimate of drug-likeness (QED) is 0.831. The number of amides is 1. The molecular weight excluding hydrogens is 362 g/mol. The van der Waals surface area contributed by atoms with Gasteiger partial charge in [0.1, 0.15) is 17.1 Å². The van der Waals surface area contributed by atoms with Crippen LogP contribution in [0.1, 0.15) is 33.9 Å². The maximum Gasteiger partial charge on any atom is 0.339 e. The molecule has 0 aliphatic rings. The maximum atomic E-state index is 12.2. The van der Waals surface area contributed by atoms with E-state index in [1.54, 1.807) is 18.9 Å². The number of carbonyl (C=O) groups excluding carboxylic acids is 1. The summed E-state index contributed by atoms with van der Waals surface area (Å²) in [6, 6.07) is 9.26. The van der Waals surface area contributed by atoms with Gasteiger partial charge in [0.15, 0.2) is 0 Å². The lowest BCUT2D eigenvalue weighted by molar-refractivity contribution is -0.130. The number of benzene rings is 1. The van der Waals surface area contributed by atoms with Gasteiger partial charge < -0.3 is 14.4 Å². The number of hydrogen-bond donors (Lipinski definition) is 1. The third-order valence-corrected chi connectivity index (χ3v) is 4.36. The van der Waals surface area contributed by atoms with Crippen molar-refractivity contribution in [1.82, 2.24) is 4.90 Å². The van der Waals surface area contributed by atoms with E-state index in [0.717, 1.165) is 10.0 Å². The van der Waals surface area contributed by atoms with Gasteiger partial charge in [0.2, 0.25) is 5.91 Å². The van der Waals surface area contributed by atoms with Crippen molar-refractivity contribution in [3.05, 3.63) is 57.5 Å². The first kappa shape index (κ1) is 17.3. The molecule has 2 rings (SSSR count). The van der Waals surface area contributed by atoms with E-state index in [9.17, 15) is 9.59 Å². The van der Waals surface area contributed by atoms with E-state index in [1.807, 2.05) is 24.3 Å². The number of rotatable bonds is 6. The first-order valence-electron chi connectivity index (χ1n) is 7.18. The molecule has 0 bridgehead atoms. The van der Waals surface area contributed by atoms with Crippen LogP contribution in [-0.2, 0) is 17.8 Å². The van der Waals surface area contributed by atoms with E-state index in [1.165, 1.54) is 6.07 Å². The summed E-state index contributed by atoms with van der Waals surface area (Å²) < 4.78 is 6.39. The molecule has 1 aromatic carbocycles. The van der Waals surface area contributed by atoms with Crippen molar-refractivity contribution < 1.29 is 19.1 Å². The van der Waals surface area contributed by atoms with Crippen molar-refractivity contribution in [3.8, 4) is 0 Å². The third kappa shape index (κ3) is 4.45. The van der Waals surface area contributed by atoms with Gasteiger partial charge in [0.05, 0.1) is 6.54 Å². The molecule has 1 aromatic heterocycles. The smallest absolute Gasteiger partial charge is 0.339 e. The fourth-order valence-corrected chi connectivity index (χ4v) is 2.77. The summed E-state index contributed by atoms with van der Waals surface area (Å²) in [6.07, 6.45) is 1.02. The topological polar surface area (TPSA) is 70.8 Å². The van der Waals surface area contributed by atoms with Gasteiger partial charge in [-0.05, 0) is 31.0 Å². The maximum absolute atomic E-state index is 12.2. The highest BCUT2D eigenvalue weighted by Gasteiger charge is 2.17. The third-order valence-electron chi connectivity index (χ3n) is 3.58. The highest BCUT2D eigenvalue weighted by molar-refractivity contribution is 9.10. The molecule has 0 radical (unpaired) electrons. The highest BCUT2D eigenvalue weighted by Crippen LogP contribution is 2.19. The van der Waals surface area contributed by atoms with Gasteiger partial charge in [-0.15, -0.1) is 0 Å². The molecule has 6 heteroatoms. The lowest BCUT2D eigenvalue weighted by atomic mass is 10.1. The Balaban J connectivity index is 1.94. The predicted octanol–water partition coefficient (Wildman–Crippen LogP) is 3.64. The van der Waals surface area contributed by atoms with Crippen LogP contribution < -0.4 is 0 Å². The normalized spacial score (nSPS) is 10.6. The minimum Gasteiger partial charge on any atom is -0.478 e. The van der Waals surface area contributed by atoms with Crippen molar-refractivity contribution in [1.29, 1.82) is 0 Å². The Morgan fingerprint density at radius 1 is 1.30 bits per heavy atom. The minimum atomic E-state index is -1.03. The molecule has 0 unspecified atom stereocenters. The molecule has 1 amide bonds. The van der Waals surface area contributed by atoms with Crippen LogP contribution in [0.5, 0.6) is 0 Å². The Kier molecular flexibility index (Phi) is 5.60. The number of carbonyl (C=O) groups is 2. The van der Waals surface area contributed by atoms with Gasteiger partial charge in [-0.25, -0.2) is 4.79 Å². The summed E-state index contributed by atoms with van der Waals surface area (Å²) in [7, 11) is 1.68. The number of aryl methyl sites for hydroxylation is 2. The van der Waals surface area contributed by atoms with Crippen LogP contribution in [0.4, 0.5) is 0 Å². The van der Waals surface area contributed by atoms with Crippen LogP contribution in [0.3, 0.4) is 0 Å². The first-order chi connectivity index (χ1) is 10.9.